The zero-order valence-corrected chi connectivity index (χ0v) is 10.1. The van der Waals surface area contributed by atoms with Crippen LogP contribution in [0.25, 0.3) is 0 Å². The van der Waals surface area contributed by atoms with Crippen LogP contribution < -0.4 is 5.32 Å². The molecule has 0 aromatic carbocycles. The average Bonchev–Trinajstić information content (AvgIpc) is 2.25. The first-order valence-electron chi connectivity index (χ1n) is 5.73. The summed E-state index contributed by atoms with van der Waals surface area (Å²) in [4.78, 5) is 27.8. The molecule has 1 fully saturated rings. The average molecular weight is 249 g/mol. The molecule has 0 spiro atoms. The number of carbonyl (C=O) groups is 2. The molecule has 1 aliphatic heterocycles. The number of carboxylic acid groups (broad SMARTS) is 1. The lowest BCUT2D eigenvalue weighted by atomic mass is 10.0. The van der Waals surface area contributed by atoms with Crippen molar-refractivity contribution >= 4 is 12.0 Å². The van der Waals surface area contributed by atoms with Crippen molar-refractivity contribution in [2.45, 2.75) is 13.5 Å². The van der Waals surface area contributed by atoms with Crippen molar-refractivity contribution in [3.8, 4) is 0 Å². The summed E-state index contributed by atoms with van der Waals surface area (Å²) in [5, 5.41) is 11.4. The number of amides is 2. The first-order chi connectivity index (χ1) is 8.56. The highest BCUT2D eigenvalue weighted by Gasteiger charge is 2.35. The molecule has 1 saturated heterocycles. The molecule has 6 nitrogen and oxygen atoms in total. The van der Waals surface area contributed by atoms with E-state index in [-0.39, 0.29) is 19.1 Å². The van der Waals surface area contributed by atoms with Gasteiger partial charge in [-0.05, 0) is 18.6 Å². The van der Waals surface area contributed by atoms with Gasteiger partial charge in [0.15, 0.2) is 0 Å². The molecule has 0 unspecified atom stereocenters. The number of pyridine rings is 1. The number of hydrogen-bond acceptors (Lipinski definition) is 3. The highest BCUT2D eigenvalue weighted by atomic mass is 16.4. The van der Waals surface area contributed by atoms with Crippen LogP contribution in [-0.2, 0) is 11.3 Å². The Morgan fingerprint density at radius 2 is 2.22 bits per heavy atom. The first-order valence-corrected chi connectivity index (χ1v) is 5.73. The number of aromatic nitrogens is 1. The van der Waals surface area contributed by atoms with Gasteiger partial charge in [0.1, 0.15) is 0 Å². The smallest absolute Gasteiger partial charge is 0.317 e. The van der Waals surface area contributed by atoms with E-state index in [4.69, 9.17) is 5.11 Å². The van der Waals surface area contributed by atoms with Gasteiger partial charge >= 0.3 is 12.0 Å². The second kappa shape index (κ2) is 5.03. The monoisotopic (exact) mass is 249 g/mol. The Morgan fingerprint density at radius 1 is 1.50 bits per heavy atom. The van der Waals surface area contributed by atoms with Crippen LogP contribution in [0.2, 0.25) is 0 Å². The van der Waals surface area contributed by atoms with Crippen molar-refractivity contribution in [3.05, 3.63) is 29.6 Å². The number of likely N-dealkylation sites (tertiary alicyclic amines) is 1. The standard InChI is InChI=1S/C12H15N3O3/c1-8-2-3-9(4-13-8)5-14-12(18)15-6-10(7-15)11(16)17/h2-4,10H,5-7H2,1H3,(H,14,18)(H,16,17). The summed E-state index contributed by atoms with van der Waals surface area (Å²) in [7, 11) is 0. The molecule has 0 bridgehead atoms. The zero-order chi connectivity index (χ0) is 13.1. The van der Waals surface area contributed by atoms with E-state index in [0.29, 0.717) is 6.54 Å². The molecule has 1 aliphatic rings. The predicted molar refractivity (Wildman–Crippen MR) is 63.9 cm³/mol. The highest BCUT2D eigenvalue weighted by molar-refractivity contribution is 5.79. The van der Waals surface area contributed by atoms with E-state index in [1.54, 1.807) is 6.20 Å². The number of rotatable bonds is 3. The van der Waals surface area contributed by atoms with Gasteiger partial charge in [0, 0.05) is 31.5 Å². The summed E-state index contributed by atoms with van der Waals surface area (Å²) in [6.45, 7) is 2.87. The van der Waals surface area contributed by atoms with Crippen LogP contribution in [0.4, 0.5) is 4.79 Å². The van der Waals surface area contributed by atoms with Crippen molar-refractivity contribution < 1.29 is 14.7 Å². The van der Waals surface area contributed by atoms with Gasteiger partial charge in [-0.2, -0.15) is 0 Å². The Hall–Kier alpha value is -2.11. The fourth-order valence-corrected chi connectivity index (χ4v) is 1.69. The van der Waals surface area contributed by atoms with E-state index in [1.165, 1.54) is 4.90 Å². The number of urea groups is 1. The second-order valence-corrected chi connectivity index (χ2v) is 4.41. The minimum absolute atomic E-state index is 0.229. The number of carboxylic acids is 1. The third-order valence-corrected chi connectivity index (χ3v) is 2.93. The molecule has 96 valence electrons. The maximum Gasteiger partial charge on any atom is 0.317 e. The van der Waals surface area contributed by atoms with E-state index < -0.39 is 11.9 Å². The molecule has 1 aromatic rings. The summed E-state index contributed by atoms with van der Waals surface area (Å²) in [5.74, 6) is -1.27. The molecule has 2 amide bonds. The first kappa shape index (κ1) is 12.3. The second-order valence-electron chi connectivity index (χ2n) is 4.41. The van der Waals surface area contributed by atoms with Gasteiger partial charge < -0.3 is 15.3 Å². The van der Waals surface area contributed by atoms with Gasteiger partial charge in [-0.3, -0.25) is 9.78 Å². The van der Waals surface area contributed by atoms with E-state index in [2.05, 4.69) is 10.3 Å². The zero-order valence-electron chi connectivity index (χ0n) is 10.1. The third-order valence-electron chi connectivity index (χ3n) is 2.93. The minimum Gasteiger partial charge on any atom is -0.481 e. The number of carbonyl (C=O) groups excluding carboxylic acids is 1. The number of nitrogens with zero attached hydrogens (tertiary/aromatic N) is 2. The lowest BCUT2D eigenvalue weighted by Gasteiger charge is -2.36. The van der Waals surface area contributed by atoms with Crippen LogP contribution >= 0.6 is 0 Å². The van der Waals surface area contributed by atoms with Crippen LogP contribution in [-0.4, -0.2) is 40.1 Å². The predicted octanol–water partition coefficient (Wildman–Crippen LogP) is 0.616. The quantitative estimate of drug-likeness (QED) is 0.822. The van der Waals surface area contributed by atoms with Gasteiger partial charge in [-0.1, -0.05) is 6.07 Å². The van der Waals surface area contributed by atoms with Crippen LogP contribution in [0.5, 0.6) is 0 Å². The lowest BCUT2D eigenvalue weighted by Crippen LogP contribution is -2.56. The van der Waals surface area contributed by atoms with Gasteiger partial charge in [0.25, 0.3) is 0 Å². The summed E-state index contributed by atoms with van der Waals surface area (Å²) in [6, 6.07) is 3.55. The van der Waals surface area contributed by atoms with Crippen molar-refractivity contribution in [2.24, 2.45) is 5.92 Å². The van der Waals surface area contributed by atoms with Gasteiger partial charge in [-0.15, -0.1) is 0 Å². The van der Waals surface area contributed by atoms with Crippen molar-refractivity contribution in [2.75, 3.05) is 13.1 Å². The molecule has 2 rings (SSSR count). The fraction of sp³-hybridized carbons (Fsp3) is 0.417. The van der Waals surface area contributed by atoms with Crippen LogP contribution in [0.15, 0.2) is 18.3 Å². The maximum atomic E-state index is 11.6. The number of hydrogen-bond donors (Lipinski definition) is 2. The Kier molecular flexibility index (Phi) is 3.45. The van der Waals surface area contributed by atoms with E-state index in [0.717, 1.165) is 11.3 Å². The normalized spacial score (nSPS) is 15.1. The van der Waals surface area contributed by atoms with E-state index in [9.17, 15) is 9.59 Å². The van der Waals surface area contributed by atoms with E-state index in [1.807, 2.05) is 19.1 Å². The van der Waals surface area contributed by atoms with Crippen LogP contribution in [0.3, 0.4) is 0 Å². The summed E-state index contributed by atoms with van der Waals surface area (Å²) in [5.41, 5.74) is 1.85. The number of nitrogens with one attached hydrogen (secondary N) is 1. The van der Waals surface area contributed by atoms with Crippen molar-refractivity contribution in [1.82, 2.24) is 15.2 Å². The molecule has 2 heterocycles. The Bertz CT molecular complexity index is 452. The van der Waals surface area contributed by atoms with Gasteiger partial charge in [0.05, 0.1) is 5.92 Å². The fourth-order valence-electron chi connectivity index (χ4n) is 1.69. The largest absolute Gasteiger partial charge is 0.481 e. The molecule has 0 aliphatic carbocycles. The summed E-state index contributed by atoms with van der Waals surface area (Å²) in [6.07, 6.45) is 1.71. The Morgan fingerprint density at radius 3 is 2.78 bits per heavy atom. The lowest BCUT2D eigenvalue weighted by molar-refractivity contribution is -0.146. The topological polar surface area (TPSA) is 82.5 Å². The van der Waals surface area contributed by atoms with Gasteiger partial charge in [0.2, 0.25) is 0 Å². The summed E-state index contributed by atoms with van der Waals surface area (Å²) < 4.78 is 0. The van der Waals surface area contributed by atoms with Crippen molar-refractivity contribution in [3.63, 3.8) is 0 Å². The third kappa shape index (κ3) is 2.77. The highest BCUT2D eigenvalue weighted by Crippen LogP contribution is 2.15. The molecule has 6 heteroatoms. The SMILES string of the molecule is Cc1ccc(CNC(=O)N2CC(C(=O)O)C2)cn1. The molecule has 0 atom stereocenters. The van der Waals surface area contributed by atoms with Gasteiger partial charge in [-0.25, -0.2) is 4.79 Å². The molecule has 1 aromatic heterocycles. The molecule has 0 radical (unpaired) electrons. The molecular weight excluding hydrogens is 234 g/mol. The number of aliphatic carboxylic acids is 1. The van der Waals surface area contributed by atoms with Crippen molar-refractivity contribution in [1.29, 1.82) is 0 Å². The molecular formula is C12H15N3O3. The number of aryl methyl sites for hydroxylation is 1. The minimum atomic E-state index is -0.846. The summed E-state index contributed by atoms with van der Waals surface area (Å²) >= 11 is 0. The van der Waals surface area contributed by atoms with Crippen LogP contribution in [0, 0.1) is 12.8 Å². The Balaban J connectivity index is 1.76. The molecule has 18 heavy (non-hydrogen) atoms. The Labute approximate surface area is 105 Å². The molecule has 2 N–H and O–H groups in total. The van der Waals surface area contributed by atoms with E-state index >= 15 is 0 Å². The van der Waals surface area contributed by atoms with Crippen LogP contribution in [0.1, 0.15) is 11.3 Å². The maximum absolute atomic E-state index is 11.6. The molecule has 0 saturated carbocycles.